The van der Waals surface area contributed by atoms with Gasteiger partial charge in [0.25, 0.3) is 11.8 Å². The van der Waals surface area contributed by atoms with Crippen LogP contribution in [0.3, 0.4) is 0 Å². The molecular formula is C36H37N5O2. The minimum atomic E-state index is -0.204. The maximum atomic E-state index is 13.5. The summed E-state index contributed by atoms with van der Waals surface area (Å²) >= 11 is 0. The summed E-state index contributed by atoms with van der Waals surface area (Å²) in [6.45, 7) is 7.08. The number of nitrogens with one attached hydrogen (secondary N) is 3. The Morgan fingerprint density at radius 1 is 0.837 bits per heavy atom. The first-order valence-electron chi connectivity index (χ1n) is 14.8. The van der Waals surface area contributed by atoms with Gasteiger partial charge in [0.1, 0.15) is 0 Å². The van der Waals surface area contributed by atoms with Crippen LogP contribution in [0.1, 0.15) is 45.6 Å². The molecule has 2 amide bonds. The van der Waals surface area contributed by atoms with Crippen LogP contribution in [-0.2, 0) is 11.3 Å². The molecule has 0 aromatic heterocycles. The zero-order chi connectivity index (χ0) is 29.8. The standard InChI is InChI=1S/C36H37N5O2/c1-25(27-11-5-3-6-12-27)37-35(42)29-16-17-32-31(23-29)33(36(43)39-32)34(28-13-7-4-8-14-28)38-30-15-9-10-26(22-30)24-41-20-18-40(2)19-21-41/h3-17,22-23,25,38H,18-21,24H2,1-2H3,(H,37,42)(H,39,43)/b34-33-/t25-/m1/s1. The zero-order valence-electron chi connectivity index (χ0n) is 24.6. The average molecular weight is 572 g/mol. The number of benzene rings is 4. The van der Waals surface area contributed by atoms with Crippen LogP contribution in [0.25, 0.3) is 11.3 Å². The Kier molecular flexibility index (Phi) is 8.36. The van der Waals surface area contributed by atoms with Crippen LogP contribution in [-0.4, -0.2) is 54.8 Å². The van der Waals surface area contributed by atoms with Crippen molar-refractivity contribution < 1.29 is 9.59 Å². The summed E-state index contributed by atoms with van der Waals surface area (Å²) in [7, 11) is 2.17. The van der Waals surface area contributed by atoms with Gasteiger partial charge in [0, 0.05) is 55.2 Å². The lowest BCUT2D eigenvalue weighted by molar-refractivity contribution is -0.110. The van der Waals surface area contributed by atoms with Gasteiger partial charge in [0.05, 0.1) is 17.3 Å². The molecule has 0 spiro atoms. The van der Waals surface area contributed by atoms with E-state index in [9.17, 15) is 9.59 Å². The molecule has 4 aromatic rings. The molecule has 3 N–H and O–H groups in total. The summed E-state index contributed by atoms with van der Waals surface area (Å²) in [6, 6.07) is 33.3. The lowest BCUT2D eigenvalue weighted by atomic mass is 9.98. The maximum Gasteiger partial charge on any atom is 0.258 e. The van der Waals surface area contributed by atoms with Crippen LogP contribution < -0.4 is 16.0 Å². The van der Waals surface area contributed by atoms with Crippen molar-refractivity contribution in [2.24, 2.45) is 0 Å². The lowest BCUT2D eigenvalue weighted by Crippen LogP contribution is -2.43. The van der Waals surface area contributed by atoms with E-state index in [-0.39, 0.29) is 17.9 Å². The molecule has 4 aromatic carbocycles. The third kappa shape index (κ3) is 6.53. The highest BCUT2D eigenvalue weighted by atomic mass is 16.2. The van der Waals surface area contributed by atoms with Crippen LogP contribution in [0.4, 0.5) is 11.4 Å². The topological polar surface area (TPSA) is 76.7 Å². The average Bonchev–Trinajstić information content (AvgIpc) is 3.36. The number of fused-ring (bicyclic) bond motifs is 1. The van der Waals surface area contributed by atoms with Gasteiger partial charge in [-0.2, -0.15) is 0 Å². The summed E-state index contributed by atoms with van der Waals surface area (Å²) < 4.78 is 0. The third-order valence-electron chi connectivity index (χ3n) is 8.18. The first-order chi connectivity index (χ1) is 20.9. The van der Waals surface area contributed by atoms with Gasteiger partial charge < -0.3 is 20.9 Å². The van der Waals surface area contributed by atoms with Crippen LogP contribution in [0.15, 0.2) is 103 Å². The lowest BCUT2D eigenvalue weighted by Gasteiger charge is -2.32. The molecule has 43 heavy (non-hydrogen) atoms. The van der Waals surface area contributed by atoms with E-state index in [0.717, 1.165) is 49.5 Å². The fourth-order valence-corrected chi connectivity index (χ4v) is 5.70. The van der Waals surface area contributed by atoms with Crippen molar-refractivity contribution in [3.63, 3.8) is 0 Å². The largest absolute Gasteiger partial charge is 0.354 e. The summed E-state index contributed by atoms with van der Waals surface area (Å²) in [5.41, 5.74) is 7.13. The van der Waals surface area contributed by atoms with Gasteiger partial charge in [-0.3, -0.25) is 14.5 Å². The molecule has 1 atom stereocenters. The molecule has 6 rings (SSSR count). The van der Waals surface area contributed by atoms with Gasteiger partial charge in [-0.15, -0.1) is 0 Å². The molecule has 0 bridgehead atoms. The van der Waals surface area contributed by atoms with E-state index >= 15 is 0 Å². The summed E-state index contributed by atoms with van der Waals surface area (Å²) in [5, 5.41) is 9.68. The van der Waals surface area contributed by atoms with Crippen LogP contribution in [0, 0.1) is 0 Å². The van der Waals surface area contributed by atoms with Crippen molar-refractivity contribution in [3.05, 3.63) is 131 Å². The number of rotatable bonds is 8. The summed E-state index contributed by atoms with van der Waals surface area (Å²) in [4.78, 5) is 31.7. The first-order valence-corrected chi connectivity index (χ1v) is 14.8. The number of hydrogen-bond donors (Lipinski definition) is 3. The fourth-order valence-electron chi connectivity index (χ4n) is 5.70. The quantitative estimate of drug-likeness (QED) is 0.231. The van der Waals surface area contributed by atoms with Crippen LogP contribution in [0.5, 0.6) is 0 Å². The van der Waals surface area contributed by atoms with E-state index in [2.05, 4.69) is 51.0 Å². The van der Waals surface area contributed by atoms with Gasteiger partial charge >= 0.3 is 0 Å². The van der Waals surface area contributed by atoms with E-state index in [1.165, 1.54) is 5.56 Å². The second-order valence-electron chi connectivity index (χ2n) is 11.3. The minimum absolute atomic E-state index is 0.156. The van der Waals surface area contributed by atoms with Crippen molar-refractivity contribution >= 4 is 34.5 Å². The highest BCUT2D eigenvalue weighted by Crippen LogP contribution is 2.38. The predicted octanol–water partition coefficient (Wildman–Crippen LogP) is 5.86. The van der Waals surface area contributed by atoms with Gasteiger partial charge in [-0.05, 0) is 61.0 Å². The third-order valence-corrected chi connectivity index (χ3v) is 8.18. The number of amides is 2. The number of carbonyl (C=O) groups excluding carboxylic acids is 2. The predicted molar refractivity (Wildman–Crippen MR) is 173 cm³/mol. The SMILES string of the molecule is C[C@@H](NC(=O)c1ccc2c(c1)/C(=C(/Nc1cccc(CN3CCN(C)CC3)c1)c1ccccc1)C(=O)N2)c1ccccc1. The number of hydrogen-bond acceptors (Lipinski definition) is 5. The Morgan fingerprint density at radius 2 is 1.56 bits per heavy atom. The number of nitrogens with zero attached hydrogens (tertiary/aromatic N) is 2. The van der Waals surface area contributed by atoms with Crippen molar-refractivity contribution in [2.45, 2.75) is 19.5 Å². The van der Waals surface area contributed by atoms with Crippen molar-refractivity contribution in [1.82, 2.24) is 15.1 Å². The normalized spacial score (nSPS) is 17.1. The van der Waals surface area contributed by atoms with Crippen LogP contribution in [0.2, 0.25) is 0 Å². The molecule has 0 radical (unpaired) electrons. The minimum Gasteiger partial charge on any atom is -0.354 e. The van der Waals surface area contributed by atoms with E-state index in [4.69, 9.17) is 0 Å². The summed E-state index contributed by atoms with van der Waals surface area (Å²) in [5.74, 6) is -0.395. The Bertz CT molecular complexity index is 1640. The fraction of sp³-hybridized carbons (Fsp3) is 0.222. The van der Waals surface area contributed by atoms with Gasteiger partial charge in [0.2, 0.25) is 0 Å². The van der Waals surface area contributed by atoms with Crippen molar-refractivity contribution in [3.8, 4) is 0 Å². The molecule has 0 saturated carbocycles. The maximum absolute atomic E-state index is 13.5. The van der Waals surface area contributed by atoms with Gasteiger partial charge in [-0.25, -0.2) is 0 Å². The van der Waals surface area contributed by atoms with Gasteiger partial charge in [0.15, 0.2) is 0 Å². The molecule has 0 aliphatic carbocycles. The number of carbonyl (C=O) groups is 2. The highest BCUT2D eigenvalue weighted by molar-refractivity contribution is 6.37. The monoisotopic (exact) mass is 571 g/mol. The Morgan fingerprint density at radius 3 is 2.30 bits per heavy atom. The van der Waals surface area contributed by atoms with Crippen molar-refractivity contribution in [1.29, 1.82) is 0 Å². The zero-order valence-corrected chi connectivity index (χ0v) is 24.6. The number of piperazine rings is 1. The van der Waals surface area contributed by atoms with E-state index in [1.807, 2.05) is 85.8 Å². The van der Waals surface area contributed by atoms with E-state index in [0.29, 0.717) is 28.1 Å². The Labute approximate surface area is 253 Å². The molecule has 7 heteroatoms. The molecule has 7 nitrogen and oxygen atoms in total. The van der Waals surface area contributed by atoms with E-state index < -0.39 is 0 Å². The van der Waals surface area contributed by atoms with Crippen LogP contribution >= 0.6 is 0 Å². The Hall–Kier alpha value is -4.72. The molecule has 1 fully saturated rings. The molecule has 1 saturated heterocycles. The Balaban J connectivity index is 1.32. The molecule has 2 heterocycles. The molecule has 218 valence electrons. The van der Waals surface area contributed by atoms with E-state index in [1.54, 1.807) is 6.07 Å². The number of likely N-dealkylation sites (N-methyl/N-ethyl adjacent to an activating group) is 1. The second kappa shape index (κ2) is 12.7. The molecule has 2 aliphatic rings. The first kappa shape index (κ1) is 28.4. The second-order valence-corrected chi connectivity index (χ2v) is 11.3. The molecule has 2 aliphatic heterocycles. The van der Waals surface area contributed by atoms with Crippen molar-refractivity contribution in [2.75, 3.05) is 43.9 Å². The molecule has 0 unspecified atom stereocenters. The molecular weight excluding hydrogens is 534 g/mol. The van der Waals surface area contributed by atoms with Gasteiger partial charge in [-0.1, -0.05) is 72.8 Å². The summed E-state index contributed by atoms with van der Waals surface area (Å²) in [6.07, 6.45) is 0. The number of anilines is 2. The highest BCUT2D eigenvalue weighted by Gasteiger charge is 2.29. The smallest absolute Gasteiger partial charge is 0.258 e.